The fraction of sp³-hybridized carbons (Fsp3) is 0.857. The van der Waals surface area contributed by atoms with Gasteiger partial charge in [0.2, 0.25) is 0 Å². The summed E-state index contributed by atoms with van der Waals surface area (Å²) in [5.74, 6) is -0.315. The number of hydrogen-bond donors (Lipinski definition) is 0. The predicted octanol–water partition coefficient (Wildman–Crippen LogP) is -0.0367. The molecule has 1 aliphatic rings. The van der Waals surface area contributed by atoms with Crippen LogP contribution in [0.4, 0.5) is 0 Å². The molecule has 0 aromatic rings. The van der Waals surface area contributed by atoms with Crippen molar-refractivity contribution in [3.8, 4) is 0 Å². The van der Waals surface area contributed by atoms with E-state index in [-0.39, 0.29) is 12.1 Å². The predicted molar refractivity (Wildman–Crippen MR) is 37.2 cm³/mol. The van der Waals surface area contributed by atoms with Crippen molar-refractivity contribution in [1.29, 1.82) is 0 Å². The molecule has 0 unspecified atom stereocenters. The summed E-state index contributed by atoms with van der Waals surface area (Å²) in [5, 5.41) is 0. The molecule has 0 aromatic heterocycles. The molecular weight excluding hydrogens is 148 g/mol. The van der Waals surface area contributed by atoms with E-state index in [4.69, 9.17) is 9.47 Å². The van der Waals surface area contributed by atoms with Crippen LogP contribution < -0.4 is 0 Å². The number of carbonyl (C=O) groups excluding carboxylic acids is 1. The van der Waals surface area contributed by atoms with Crippen molar-refractivity contribution in [3.05, 3.63) is 0 Å². The molecule has 64 valence electrons. The Morgan fingerprint density at radius 3 is 2.73 bits per heavy atom. The molecule has 0 spiro atoms. The van der Waals surface area contributed by atoms with E-state index in [1.807, 2.05) is 0 Å². The van der Waals surface area contributed by atoms with Gasteiger partial charge in [0.15, 0.2) is 6.10 Å². The lowest BCUT2D eigenvalue weighted by Gasteiger charge is -2.05. The average molecular weight is 160 g/mol. The molecule has 1 aliphatic heterocycles. The van der Waals surface area contributed by atoms with E-state index in [0.717, 1.165) is 0 Å². The first kappa shape index (κ1) is 8.49. The third-order valence-electron chi connectivity index (χ3n) is 1.76. The van der Waals surface area contributed by atoms with Crippen molar-refractivity contribution in [1.82, 2.24) is 0 Å². The lowest BCUT2D eigenvalue weighted by Crippen LogP contribution is -2.21. The topological polar surface area (TPSA) is 44.8 Å². The Hall–Kier alpha value is -0.610. The Morgan fingerprint density at radius 1 is 1.55 bits per heavy atom. The van der Waals surface area contributed by atoms with Crippen LogP contribution in [0.5, 0.6) is 0 Å². The van der Waals surface area contributed by atoms with Gasteiger partial charge < -0.3 is 14.2 Å². The van der Waals surface area contributed by atoms with Crippen LogP contribution in [-0.2, 0) is 19.0 Å². The van der Waals surface area contributed by atoms with Gasteiger partial charge in [0.1, 0.15) is 0 Å². The third-order valence-corrected chi connectivity index (χ3v) is 1.76. The van der Waals surface area contributed by atoms with Crippen molar-refractivity contribution in [3.63, 3.8) is 0 Å². The van der Waals surface area contributed by atoms with E-state index in [0.29, 0.717) is 13.0 Å². The molecule has 0 radical (unpaired) electrons. The molecule has 0 aliphatic carbocycles. The van der Waals surface area contributed by atoms with Gasteiger partial charge in [0.05, 0.1) is 19.8 Å². The minimum absolute atomic E-state index is 0.0408. The second-order valence-corrected chi connectivity index (χ2v) is 2.44. The van der Waals surface area contributed by atoms with Crippen LogP contribution in [0.2, 0.25) is 0 Å². The van der Waals surface area contributed by atoms with Gasteiger partial charge in [0, 0.05) is 13.5 Å². The van der Waals surface area contributed by atoms with Gasteiger partial charge in [-0.25, -0.2) is 4.79 Å². The largest absolute Gasteiger partial charge is 0.467 e. The summed E-state index contributed by atoms with van der Waals surface area (Å²) >= 11 is 0. The molecule has 11 heavy (non-hydrogen) atoms. The highest BCUT2D eigenvalue weighted by Gasteiger charge is 2.31. The number of carbonyl (C=O) groups is 1. The Balaban J connectivity index is 2.35. The Labute approximate surface area is 65.4 Å². The van der Waals surface area contributed by atoms with Crippen LogP contribution in [0.3, 0.4) is 0 Å². The molecular formula is C7H12O4. The lowest BCUT2D eigenvalue weighted by atomic mass is 10.2. The minimum atomic E-state index is -0.426. The number of rotatable bonds is 2. The SMILES string of the molecule is COC(=O)[C@@H]1C[C@H](OC)CO1. The second-order valence-electron chi connectivity index (χ2n) is 2.44. The second kappa shape index (κ2) is 3.69. The molecule has 4 heteroatoms. The molecule has 2 atom stereocenters. The van der Waals surface area contributed by atoms with E-state index in [1.54, 1.807) is 7.11 Å². The smallest absolute Gasteiger partial charge is 0.335 e. The van der Waals surface area contributed by atoms with Crippen LogP contribution in [0, 0.1) is 0 Å². The number of esters is 1. The van der Waals surface area contributed by atoms with Crippen LogP contribution in [0.25, 0.3) is 0 Å². The fourth-order valence-electron chi connectivity index (χ4n) is 1.06. The molecule has 4 nitrogen and oxygen atoms in total. The maximum absolute atomic E-state index is 10.9. The van der Waals surface area contributed by atoms with Gasteiger partial charge in [-0.2, -0.15) is 0 Å². The highest BCUT2D eigenvalue weighted by molar-refractivity contribution is 5.74. The molecule has 0 N–H and O–H groups in total. The summed E-state index contributed by atoms with van der Waals surface area (Å²) in [4.78, 5) is 10.9. The molecule has 1 rings (SSSR count). The third kappa shape index (κ3) is 1.91. The van der Waals surface area contributed by atoms with E-state index < -0.39 is 6.10 Å². The number of methoxy groups -OCH3 is 2. The zero-order valence-corrected chi connectivity index (χ0v) is 6.70. The van der Waals surface area contributed by atoms with Crippen molar-refractivity contribution in [2.24, 2.45) is 0 Å². The molecule has 0 aromatic carbocycles. The number of hydrogen-bond acceptors (Lipinski definition) is 4. The van der Waals surface area contributed by atoms with Crippen molar-refractivity contribution in [2.75, 3.05) is 20.8 Å². The van der Waals surface area contributed by atoms with Gasteiger partial charge >= 0.3 is 5.97 Å². The van der Waals surface area contributed by atoms with E-state index >= 15 is 0 Å². The van der Waals surface area contributed by atoms with E-state index in [1.165, 1.54) is 7.11 Å². The molecule has 1 fully saturated rings. The summed E-state index contributed by atoms with van der Waals surface area (Å²) in [7, 11) is 2.96. The van der Waals surface area contributed by atoms with Gasteiger partial charge in [0.25, 0.3) is 0 Å². The normalized spacial score (nSPS) is 30.4. The summed E-state index contributed by atoms with van der Waals surface area (Å²) in [6.45, 7) is 0.482. The quantitative estimate of drug-likeness (QED) is 0.532. The zero-order valence-electron chi connectivity index (χ0n) is 6.70. The van der Waals surface area contributed by atoms with Gasteiger partial charge in [-0.05, 0) is 0 Å². The van der Waals surface area contributed by atoms with Crippen molar-refractivity contribution < 1.29 is 19.0 Å². The van der Waals surface area contributed by atoms with Crippen LogP contribution in [-0.4, -0.2) is 39.0 Å². The van der Waals surface area contributed by atoms with E-state index in [9.17, 15) is 4.79 Å². The maximum atomic E-state index is 10.9. The summed E-state index contributed by atoms with van der Waals surface area (Å²) in [5.41, 5.74) is 0. The fourth-order valence-corrected chi connectivity index (χ4v) is 1.06. The monoisotopic (exact) mass is 160 g/mol. The summed E-state index contributed by atoms with van der Waals surface area (Å²) < 4.78 is 14.6. The van der Waals surface area contributed by atoms with Crippen molar-refractivity contribution in [2.45, 2.75) is 18.6 Å². The molecule has 0 bridgehead atoms. The molecule has 0 amide bonds. The zero-order chi connectivity index (χ0) is 8.27. The first-order valence-corrected chi connectivity index (χ1v) is 3.50. The van der Waals surface area contributed by atoms with Gasteiger partial charge in [-0.3, -0.25) is 0 Å². The average Bonchev–Trinajstić information content (AvgIpc) is 2.50. The highest BCUT2D eigenvalue weighted by Crippen LogP contribution is 2.16. The van der Waals surface area contributed by atoms with Crippen LogP contribution >= 0.6 is 0 Å². The standard InChI is InChI=1S/C7H12O4/c1-9-5-3-6(11-4-5)7(8)10-2/h5-6H,3-4H2,1-2H3/t5-,6-/m0/s1. The molecule has 1 saturated heterocycles. The molecule has 1 heterocycles. The highest BCUT2D eigenvalue weighted by atomic mass is 16.6. The van der Waals surface area contributed by atoms with Gasteiger partial charge in [-0.1, -0.05) is 0 Å². The number of ether oxygens (including phenoxy) is 3. The minimum Gasteiger partial charge on any atom is -0.467 e. The van der Waals surface area contributed by atoms with Crippen LogP contribution in [0.1, 0.15) is 6.42 Å². The Kier molecular flexibility index (Phi) is 2.84. The summed E-state index contributed by atoms with van der Waals surface area (Å²) in [6, 6.07) is 0. The molecule has 0 saturated carbocycles. The summed E-state index contributed by atoms with van der Waals surface area (Å²) in [6.07, 6.45) is 0.215. The van der Waals surface area contributed by atoms with Gasteiger partial charge in [-0.15, -0.1) is 0 Å². The van der Waals surface area contributed by atoms with Crippen LogP contribution in [0.15, 0.2) is 0 Å². The Morgan fingerprint density at radius 2 is 2.27 bits per heavy atom. The Bertz CT molecular complexity index is 145. The maximum Gasteiger partial charge on any atom is 0.335 e. The first-order valence-electron chi connectivity index (χ1n) is 3.50. The first-order chi connectivity index (χ1) is 5.27. The lowest BCUT2D eigenvalue weighted by molar-refractivity contribution is -0.151. The van der Waals surface area contributed by atoms with E-state index in [2.05, 4.69) is 4.74 Å². The van der Waals surface area contributed by atoms with Crippen molar-refractivity contribution >= 4 is 5.97 Å².